The van der Waals surface area contributed by atoms with Crippen LogP contribution in [0.4, 0.5) is 0 Å². The Morgan fingerprint density at radius 1 is 1.33 bits per heavy atom. The zero-order chi connectivity index (χ0) is 13.7. The molecule has 3 heteroatoms. The summed E-state index contributed by atoms with van der Waals surface area (Å²) in [5.74, 6) is -1.64. The molecule has 100 valence electrons. The summed E-state index contributed by atoms with van der Waals surface area (Å²) in [6, 6.07) is 5.77. The molecule has 18 heavy (non-hydrogen) atoms. The number of carboxylic acids is 1. The number of carboxylic acid groups (broad SMARTS) is 1. The summed E-state index contributed by atoms with van der Waals surface area (Å²) in [5, 5.41) is 19.5. The number of aliphatic hydroxyl groups is 1. The Kier molecular flexibility index (Phi) is 5.35. The molecule has 0 aromatic heterocycles. The third kappa shape index (κ3) is 3.57. The molecule has 0 amide bonds. The van der Waals surface area contributed by atoms with Crippen LogP contribution in [0.1, 0.15) is 49.0 Å². The van der Waals surface area contributed by atoms with E-state index in [4.69, 9.17) is 0 Å². The maximum atomic E-state index is 11.3. The molecule has 0 aliphatic carbocycles. The Morgan fingerprint density at radius 2 is 2.00 bits per heavy atom. The van der Waals surface area contributed by atoms with Crippen LogP contribution in [0.25, 0.3) is 0 Å². The zero-order valence-corrected chi connectivity index (χ0v) is 11.3. The molecule has 2 atom stereocenters. The Labute approximate surface area is 108 Å². The van der Waals surface area contributed by atoms with Gasteiger partial charge in [0.15, 0.2) is 0 Å². The van der Waals surface area contributed by atoms with Crippen molar-refractivity contribution in [2.24, 2.45) is 5.92 Å². The lowest BCUT2D eigenvalue weighted by Crippen LogP contribution is -2.22. The average molecular weight is 250 g/mol. The minimum Gasteiger partial charge on any atom is -0.481 e. The van der Waals surface area contributed by atoms with Crippen molar-refractivity contribution >= 4 is 5.97 Å². The van der Waals surface area contributed by atoms with Crippen LogP contribution in [0.2, 0.25) is 0 Å². The smallest absolute Gasteiger partial charge is 0.309 e. The maximum Gasteiger partial charge on any atom is 0.309 e. The maximum absolute atomic E-state index is 11.3. The highest BCUT2D eigenvalue weighted by atomic mass is 16.4. The van der Waals surface area contributed by atoms with Gasteiger partial charge in [-0.05, 0) is 31.4 Å². The average Bonchev–Trinajstić information content (AvgIpc) is 2.32. The molecule has 1 aromatic carbocycles. The van der Waals surface area contributed by atoms with E-state index in [1.165, 1.54) is 0 Å². The first kappa shape index (κ1) is 14.7. The lowest BCUT2D eigenvalue weighted by Gasteiger charge is -2.21. The molecule has 1 aromatic rings. The molecule has 0 heterocycles. The second-order valence-corrected chi connectivity index (χ2v) is 4.89. The summed E-state index contributed by atoms with van der Waals surface area (Å²) in [4.78, 5) is 11.3. The number of carbonyl (C=O) groups is 1. The summed E-state index contributed by atoms with van der Waals surface area (Å²) in [5.41, 5.74) is 2.71. The van der Waals surface area contributed by atoms with Crippen molar-refractivity contribution in [3.63, 3.8) is 0 Å². The highest BCUT2D eigenvalue weighted by Crippen LogP contribution is 2.29. The van der Waals surface area contributed by atoms with Gasteiger partial charge in [-0.2, -0.15) is 0 Å². The van der Waals surface area contributed by atoms with Crippen LogP contribution >= 0.6 is 0 Å². The van der Waals surface area contributed by atoms with E-state index in [1.807, 2.05) is 39.0 Å². The highest BCUT2D eigenvalue weighted by molar-refractivity contribution is 5.71. The van der Waals surface area contributed by atoms with Gasteiger partial charge in [0.1, 0.15) is 0 Å². The monoisotopic (exact) mass is 250 g/mol. The summed E-state index contributed by atoms with van der Waals surface area (Å²) in [6.45, 7) is 5.86. The second-order valence-electron chi connectivity index (χ2n) is 4.89. The first-order valence-electron chi connectivity index (χ1n) is 6.45. The molecule has 3 nitrogen and oxygen atoms in total. The van der Waals surface area contributed by atoms with E-state index in [1.54, 1.807) is 0 Å². The molecular formula is C15H22O3. The molecule has 0 bridgehead atoms. The van der Waals surface area contributed by atoms with Crippen LogP contribution in [0.3, 0.4) is 0 Å². The van der Waals surface area contributed by atoms with Crippen LogP contribution in [0, 0.1) is 19.8 Å². The number of aliphatic carboxylic acids is 1. The molecule has 2 N–H and O–H groups in total. The van der Waals surface area contributed by atoms with Crippen molar-refractivity contribution in [1.82, 2.24) is 0 Å². The van der Waals surface area contributed by atoms with Crippen molar-refractivity contribution in [3.05, 3.63) is 34.9 Å². The van der Waals surface area contributed by atoms with Crippen molar-refractivity contribution in [2.75, 3.05) is 0 Å². The van der Waals surface area contributed by atoms with Crippen LogP contribution in [-0.2, 0) is 4.79 Å². The van der Waals surface area contributed by atoms with Crippen LogP contribution < -0.4 is 0 Å². The summed E-state index contributed by atoms with van der Waals surface area (Å²) < 4.78 is 0. The van der Waals surface area contributed by atoms with Gasteiger partial charge < -0.3 is 10.2 Å². The predicted octanol–water partition coefficient (Wildman–Crippen LogP) is 3.23. The van der Waals surface area contributed by atoms with E-state index in [2.05, 4.69) is 0 Å². The lowest BCUT2D eigenvalue weighted by atomic mass is 9.88. The molecule has 2 unspecified atom stereocenters. The van der Waals surface area contributed by atoms with Gasteiger partial charge in [0.25, 0.3) is 0 Å². The van der Waals surface area contributed by atoms with Crippen LogP contribution in [-0.4, -0.2) is 16.2 Å². The Hall–Kier alpha value is -1.35. The summed E-state index contributed by atoms with van der Waals surface area (Å²) in [7, 11) is 0. The first-order chi connectivity index (χ1) is 8.47. The quantitative estimate of drug-likeness (QED) is 0.815. The van der Waals surface area contributed by atoms with Crippen molar-refractivity contribution < 1.29 is 15.0 Å². The molecular weight excluding hydrogens is 228 g/mol. The van der Waals surface area contributed by atoms with Gasteiger partial charge in [0.2, 0.25) is 0 Å². The highest BCUT2D eigenvalue weighted by Gasteiger charge is 2.28. The van der Waals surface area contributed by atoms with E-state index >= 15 is 0 Å². The minimum absolute atomic E-state index is 0.514. The SMILES string of the molecule is CCCCC(C(=O)O)C(O)c1cc(C)ccc1C. The van der Waals surface area contributed by atoms with Crippen molar-refractivity contribution in [3.8, 4) is 0 Å². The Balaban J connectivity index is 2.97. The van der Waals surface area contributed by atoms with Gasteiger partial charge in [0.05, 0.1) is 12.0 Å². The van der Waals surface area contributed by atoms with Gasteiger partial charge >= 0.3 is 5.97 Å². The van der Waals surface area contributed by atoms with E-state index in [9.17, 15) is 15.0 Å². The van der Waals surface area contributed by atoms with Crippen LogP contribution in [0.5, 0.6) is 0 Å². The van der Waals surface area contributed by atoms with Gasteiger partial charge in [-0.3, -0.25) is 4.79 Å². The number of benzene rings is 1. The number of unbranched alkanes of at least 4 members (excludes halogenated alkanes) is 1. The summed E-state index contributed by atoms with van der Waals surface area (Å²) >= 11 is 0. The molecule has 0 radical (unpaired) electrons. The molecule has 1 rings (SSSR count). The predicted molar refractivity (Wildman–Crippen MR) is 71.5 cm³/mol. The second kappa shape index (κ2) is 6.55. The van der Waals surface area contributed by atoms with Gasteiger partial charge in [-0.25, -0.2) is 0 Å². The van der Waals surface area contributed by atoms with Gasteiger partial charge in [0, 0.05) is 0 Å². The minimum atomic E-state index is -0.922. The molecule has 0 fully saturated rings. The molecule has 0 aliphatic heterocycles. The van der Waals surface area contributed by atoms with E-state index in [0.29, 0.717) is 6.42 Å². The molecule has 0 saturated heterocycles. The largest absolute Gasteiger partial charge is 0.481 e. The first-order valence-corrected chi connectivity index (χ1v) is 6.45. The Bertz CT molecular complexity index is 412. The molecule has 0 aliphatic rings. The lowest BCUT2D eigenvalue weighted by molar-refractivity contribution is -0.146. The van der Waals surface area contributed by atoms with Gasteiger partial charge in [-0.15, -0.1) is 0 Å². The van der Waals surface area contributed by atoms with Crippen molar-refractivity contribution in [2.45, 2.75) is 46.1 Å². The fourth-order valence-corrected chi connectivity index (χ4v) is 2.14. The normalized spacial score (nSPS) is 14.2. The number of rotatable bonds is 6. The number of hydrogen-bond donors (Lipinski definition) is 2. The molecule has 0 saturated carbocycles. The third-order valence-corrected chi connectivity index (χ3v) is 3.32. The number of aryl methyl sites for hydroxylation is 2. The van der Waals surface area contributed by atoms with E-state index in [-0.39, 0.29) is 0 Å². The topological polar surface area (TPSA) is 57.5 Å². The summed E-state index contributed by atoms with van der Waals surface area (Å²) in [6.07, 6.45) is 1.34. The molecule has 0 spiro atoms. The van der Waals surface area contributed by atoms with Gasteiger partial charge in [-0.1, -0.05) is 43.5 Å². The fraction of sp³-hybridized carbons (Fsp3) is 0.533. The van der Waals surface area contributed by atoms with Crippen molar-refractivity contribution in [1.29, 1.82) is 0 Å². The fourth-order valence-electron chi connectivity index (χ4n) is 2.14. The Morgan fingerprint density at radius 3 is 2.56 bits per heavy atom. The third-order valence-electron chi connectivity index (χ3n) is 3.32. The van der Waals surface area contributed by atoms with E-state index in [0.717, 1.165) is 29.5 Å². The number of aliphatic hydroxyl groups excluding tert-OH is 1. The number of hydrogen-bond acceptors (Lipinski definition) is 2. The standard InChI is InChI=1S/C15H22O3/c1-4-5-6-12(15(17)18)14(16)13-9-10(2)7-8-11(13)3/h7-9,12,14,16H,4-6H2,1-3H3,(H,17,18). The van der Waals surface area contributed by atoms with E-state index < -0.39 is 18.0 Å². The zero-order valence-electron chi connectivity index (χ0n) is 11.3. The van der Waals surface area contributed by atoms with Crippen LogP contribution in [0.15, 0.2) is 18.2 Å².